The van der Waals surface area contributed by atoms with Gasteiger partial charge in [-0.3, -0.25) is 0 Å². The number of likely N-dealkylation sites (tertiary alicyclic amines) is 1. The molecular weight excluding hydrogens is 346 g/mol. The van der Waals surface area contributed by atoms with Crippen LogP contribution in [0.1, 0.15) is 90.9 Å². The fourth-order valence-electron chi connectivity index (χ4n) is 7.40. The summed E-state index contributed by atoms with van der Waals surface area (Å²) in [7, 11) is 0. The number of aliphatic hydroxyl groups is 1. The second-order valence-corrected chi connectivity index (χ2v) is 11.0. The van der Waals surface area contributed by atoms with E-state index in [-0.39, 0.29) is 6.10 Å². The van der Waals surface area contributed by atoms with Crippen molar-refractivity contribution in [3.05, 3.63) is 0 Å². The summed E-state index contributed by atoms with van der Waals surface area (Å²) in [4.78, 5) is 2.57. The Hall–Kier alpha value is -0.120. The lowest BCUT2D eigenvalue weighted by molar-refractivity contribution is -0.0957. The Labute approximate surface area is 173 Å². The summed E-state index contributed by atoms with van der Waals surface area (Å²) in [5.74, 6) is 3.13. The van der Waals surface area contributed by atoms with Gasteiger partial charge in [0.05, 0.1) is 18.8 Å². The highest BCUT2D eigenvalue weighted by atomic mass is 16.5. The van der Waals surface area contributed by atoms with Gasteiger partial charge in [0.2, 0.25) is 0 Å². The summed E-state index contributed by atoms with van der Waals surface area (Å²) in [6.07, 6.45) is 16.2. The Balaban J connectivity index is 1.33. The monoisotopic (exact) mass is 391 g/mol. The standard InChI is InChI=1S/C25H45NO2/c1-19-8-11-23-20(6-5-7-24(19)27)9-10-21-18-22(12-13-25(21,23)2)28-17-16-26-14-3-4-15-26/h19-24,27H,3-18H2,1-2H3. The molecule has 3 nitrogen and oxygen atoms in total. The number of rotatable bonds is 4. The fourth-order valence-corrected chi connectivity index (χ4v) is 7.40. The van der Waals surface area contributed by atoms with Gasteiger partial charge in [0.25, 0.3) is 0 Å². The van der Waals surface area contributed by atoms with Crippen LogP contribution in [0.3, 0.4) is 0 Å². The first-order chi connectivity index (χ1) is 13.6. The summed E-state index contributed by atoms with van der Waals surface area (Å²) < 4.78 is 6.40. The molecule has 1 saturated heterocycles. The second kappa shape index (κ2) is 9.35. The molecule has 7 unspecified atom stereocenters. The Morgan fingerprint density at radius 1 is 0.964 bits per heavy atom. The first kappa shape index (κ1) is 21.1. The maximum absolute atomic E-state index is 10.4. The van der Waals surface area contributed by atoms with E-state index in [1.165, 1.54) is 83.7 Å². The van der Waals surface area contributed by atoms with Crippen molar-refractivity contribution in [2.24, 2.45) is 29.1 Å². The maximum Gasteiger partial charge on any atom is 0.0597 e. The molecule has 0 aromatic rings. The second-order valence-electron chi connectivity index (χ2n) is 11.0. The molecule has 3 heteroatoms. The van der Waals surface area contributed by atoms with Crippen LogP contribution in [-0.2, 0) is 4.74 Å². The fraction of sp³-hybridized carbons (Fsp3) is 1.00. The Bertz CT molecular complexity index is 491. The normalized spacial score (nSPS) is 45.5. The predicted octanol–water partition coefficient (Wildman–Crippen LogP) is 5.26. The number of aliphatic hydroxyl groups excluding tert-OH is 1. The zero-order chi connectivity index (χ0) is 19.6. The van der Waals surface area contributed by atoms with Crippen LogP contribution in [0, 0.1) is 29.1 Å². The van der Waals surface area contributed by atoms with E-state index in [0.29, 0.717) is 17.4 Å². The molecule has 3 saturated carbocycles. The van der Waals surface area contributed by atoms with Crippen molar-refractivity contribution in [1.29, 1.82) is 0 Å². The van der Waals surface area contributed by atoms with E-state index < -0.39 is 0 Å². The predicted molar refractivity (Wildman–Crippen MR) is 115 cm³/mol. The van der Waals surface area contributed by atoms with Gasteiger partial charge < -0.3 is 14.7 Å². The molecule has 7 atom stereocenters. The molecule has 1 aliphatic heterocycles. The lowest BCUT2D eigenvalue weighted by atomic mass is 9.51. The Morgan fingerprint density at radius 3 is 2.61 bits per heavy atom. The van der Waals surface area contributed by atoms with Gasteiger partial charge in [0.1, 0.15) is 0 Å². The third-order valence-electron chi connectivity index (χ3n) is 9.41. The van der Waals surface area contributed by atoms with Crippen molar-refractivity contribution in [2.75, 3.05) is 26.2 Å². The minimum Gasteiger partial charge on any atom is -0.393 e. The highest BCUT2D eigenvalue weighted by Crippen LogP contribution is 2.58. The number of hydrogen-bond donors (Lipinski definition) is 1. The molecule has 0 bridgehead atoms. The van der Waals surface area contributed by atoms with Crippen LogP contribution in [0.5, 0.6) is 0 Å². The van der Waals surface area contributed by atoms with Crippen LogP contribution < -0.4 is 0 Å². The summed E-state index contributed by atoms with van der Waals surface area (Å²) >= 11 is 0. The molecular formula is C25H45NO2. The third kappa shape index (κ3) is 4.62. The molecule has 0 radical (unpaired) electrons. The van der Waals surface area contributed by atoms with Gasteiger partial charge in [-0.2, -0.15) is 0 Å². The van der Waals surface area contributed by atoms with E-state index >= 15 is 0 Å². The van der Waals surface area contributed by atoms with Gasteiger partial charge in [-0.1, -0.05) is 26.7 Å². The van der Waals surface area contributed by atoms with Crippen LogP contribution in [-0.4, -0.2) is 48.5 Å². The first-order valence-electron chi connectivity index (χ1n) is 12.6. The maximum atomic E-state index is 10.4. The summed E-state index contributed by atoms with van der Waals surface area (Å²) in [5, 5.41) is 10.4. The van der Waals surface area contributed by atoms with Crippen molar-refractivity contribution >= 4 is 0 Å². The number of ether oxygens (including phenoxy) is 1. The van der Waals surface area contributed by atoms with Gasteiger partial charge in [-0.25, -0.2) is 0 Å². The van der Waals surface area contributed by atoms with E-state index in [1.807, 2.05) is 0 Å². The molecule has 1 N–H and O–H groups in total. The number of hydrogen-bond acceptors (Lipinski definition) is 3. The molecule has 4 fully saturated rings. The largest absolute Gasteiger partial charge is 0.393 e. The molecule has 1 heterocycles. The van der Waals surface area contributed by atoms with E-state index in [4.69, 9.17) is 4.74 Å². The quantitative estimate of drug-likeness (QED) is 0.709. The van der Waals surface area contributed by atoms with Gasteiger partial charge in [0.15, 0.2) is 0 Å². The van der Waals surface area contributed by atoms with E-state index in [9.17, 15) is 5.11 Å². The minimum atomic E-state index is -0.0662. The number of nitrogens with zero attached hydrogens (tertiary/aromatic N) is 1. The van der Waals surface area contributed by atoms with Crippen molar-refractivity contribution in [2.45, 2.75) is 103 Å². The molecule has 28 heavy (non-hydrogen) atoms. The van der Waals surface area contributed by atoms with Crippen LogP contribution >= 0.6 is 0 Å². The average molecular weight is 392 g/mol. The van der Waals surface area contributed by atoms with Crippen molar-refractivity contribution < 1.29 is 9.84 Å². The lowest BCUT2D eigenvalue weighted by Gasteiger charge is -2.55. The van der Waals surface area contributed by atoms with Gasteiger partial charge in [-0.15, -0.1) is 0 Å². The van der Waals surface area contributed by atoms with Crippen LogP contribution in [0.25, 0.3) is 0 Å². The summed E-state index contributed by atoms with van der Waals surface area (Å²) in [6.45, 7) is 9.56. The molecule has 4 aliphatic rings. The smallest absolute Gasteiger partial charge is 0.0597 e. The molecule has 162 valence electrons. The van der Waals surface area contributed by atoms with Crippen LogP contribution in [0.15, 0.2) is 0 Å². The van der Waals surface area contributed by atoms with Gasteiger partial charge in [-0.05, 0) is 106 Å². The molecule has 4 rings (SSSR count). The average Bonchev–Trinajstić information content (AvgIpc) is 3.21. The SMILES string of the molecule is CC1CCC2C(CCCC1O)CCC1CC(OCCN3CCCC3)CCC12C. The zero-order valence-electron chi connectivity index (χ0n) is 18.6. The van der Waals surface area contributed by atoms with Crippen molar-refractivity contribution in [3.8, 4) is 0 Å². The lowest BCUT2D eigenvalue weighted by Crippen LogP contribution is -2.48. The van der Waals surface area contributed by atoms with Crippen LogP contribution in [0.2, 0.25) is 0 Å². The zero-order valence-corrected chi connectivity index (χ0v) is 18.6. The highest BCUT2D eigenvalue weighted by molar-refractivity contribution is 5.00. The molecule has 3 aliphatic carbocycles. The first-order valence-corrected chi connectivity index (χ1v) is 12.6. The molecule has 0 amide bonds. The Morgan fingerprint density at radius 2 is 1.79 bits per heavy atom. The summed E-state index contributed by atoms with van der Waals surface area (Å²) in [6, 6.07) is 0. The molecule has 0 aromatic carbocycles. The Kier molecular flexibility index (Phi) is 7.05. The summed E-state index contributed by atoms with van der Waals surface area (Å²) in [5.41, 5.74) is 0.521. The van der Waals surface area contributed by atoms with E-state index in [1.54, 1.807) is 0 Å². The minimum absolute atomic E-state index is 0.0662. The topological polar surface area (TPSA) is 32.7 Å². The van der Waals surface area contributed by atoms with E-state index in [2.05, 4.69) is 18.7 Å². The number of fused-ring (bicyclic) bond motifs is 3. The van der Waals surface area contributed by atoms with Crippen molar-refractivity contribution in [1.82, 2.24) is 4.90 Å². The van der Waals surface area contributed by atoms with Crippen LogP contribution in [0.4, 0.5) is 0 Å². The molecule has 0 spiro atoms. The highest BCUT2D eigenvalue weighted by Gasteiger charge is 2.50. The molecule has 0 aromatic heterocycles. The van der Waals surface area contributed by atoms with Crippen molar-refractivity contribution in [3.63, 3.8) is 0 Å². The third-order valence-corrected chi connectivity index (χ3v) is 9.41. The van der Waals surface area contributed by atoms with E-state index in [0.717, 1.165) is 37.3 Å². The van der Waals surface area contributed by atoms with Gasteiger partial charge >= 0.3 is 0 Å². The van der Waals surface area contributed by atoms with Gasteiger partial charge in [0, 0.05) is 6.54 Å².